The molecule has 2 aromatic carbocycles. The van der Waals surface area contributed by atoms with Crippen LogP contribution >= 0.6 is 11.3 Å². The number of alkyl halides is 3. The second kappa shape index (κ2) is 13.4. The third kappa shape index (κ3) is 10.3. The van der Waals surface area contributed by atoms with E-state index < -0.39 is 12.3 Å². The van der Waals surface area contributed by atoms with Gasteiger partial charge in [0.25, 0.3) is 0 Å². The Morgan fingerprint density at radius 3 is 2.14 bits per heavy atom. The van der Waals surface area contributed by atoms with E-state index in [4.69, 9.17) is 4.74 Å². The quantitative estimate of drug-likeness (QED) is 0.247. The van der Waals surface area contributed by atoms with E-state index in [1.807, 2.05) is 42.8 Å². The smallest absolute Gasteiger partial charge is 0.485 e. The predicted molar refractivity (Wildman–Crippen MR) is 137 cm³/mol. The highest BCUT2D eigenvalue weighted by Gasteiger charge is 2.32. The third-order valence-electron chi connectivity index (χ3n) is 4.80. The Labute approximate surface area is 217 Å². The van der Waals surface area contributed by atoms with Crippen molar-refractivity contribution >= 4 is 28.3 Å². The summed E-state index contributed by atoms with van der Waals surface area (Å²) in [7, 11) is 0. The van der Waals surface area contributed by atoms with Gasteiger partial charge in [-0.1, -0.05) is 60.7 Å². The first-order valence-corrected chi connectivity index (χ1v) is 12.2. The minimum absolute atomic E-state index is 0.496. The molecular formula is C27H26F3N3O3S. The maximum Gasteiger partial charge on any atom is 0.575 e. The summed E-state index contributed by atoms with van der Waals surface area (Å²) in [6.45, 7) is 3.17. The number of hydrogen-bond acceptors (Lipinski definition) is 7. The highest BCUT2D eigenvalue weighted by Crippen LogP contribution is 2.29. The fourth-order valence-electron chi connectivity index (χ4n) is 3.17. The zero-order valence-corrected chi connectivity index (χ0v) is 21.1. The molecule has 2 aromatic heterocycles. The van der Waals surface area contributed by atoms with E-state index in [1.54, 1.807) is 11.3 Å². The Morgan fingerprint density at radius 1 is 0.973 bits per heavy atom. The number of rotatable bonds is 8. The molecule has 0 radical (unpaired) electrons. The van der Waals surface area contributed by atoms with Crippen LogP contribution in [0.25, 0.3) is 0 Å². The Morgan fingerprint density at radius 2 is 1.59 bits per heavy atom. The van der Waals surface area contributed by atoms with Gasteiger partial charge in [0.05, 0.1) is 5.69 Å². The molecule has 4 rings (SSSR count). The molecule has 0 aliphatic heterocycles. The van der Waals surface area contributed by atoms with Crippen molar-refractivity contribution in [3.05, 3.63) is 101 Å². The molecule has 0 unspecified atom stereocenters. The molecule has 0 saturated heterocycles. The summed E-state index contributed by atoms with van der Waals surface area (Å²) in [6.07, 6.45) is -1.03. The number of anilines is 2. The summed E-state index contributed by atoms with van der Waals surface area (Å²) in [5.41, 5.74) is 4.58. The lowest BCUT2D eigenvalue weighted by atomic mass is 10.1. The number of ether oxygens (including phenoxy) is 2. The number of pyridine rings is 1. The first kappa shape index (κ1) is 27.7. The summed E-state index contributed by atoms with van der Waals surface area (Å²) >= 11 is 1.56. The number of carbonyl (C=O) groups is 1. The minimum atomic E-state index is -4.83. The topological polar surface area (TPSA) is 73.3 Å². The van der Waals surface area contributed by atoms with Crippen LogP contribution in [-0.2, 0) is 29.0 Å². The molecule has 2 heterocycles. The molecule has 0 fully saturated rings. The van der Waals surface area contributed by atoms with Crippen molar-refractivity contribution < 1.29 is 27.4 Å². The number of hydrogen-bond donors (Lipinski definition) is 1. The van der Waals surface area contributed by atoms with Crippen LogP contribution < -0.4 is 10.1 Å². The van der Waals surface area contributed by atoms with Crippen LogP contribution in [0.3, 0.4) is 0 Å². The largest absolute Gasteiger partial charge is 0.575 e. The average Bonchev–Trinajstić information content (AvgIpc) is 3.27. The molecule has 4 aromatic rings. The van der Waals surface area contributed by atoms with Gasteiger partial charge in [-0.2, -0.15) is 0 Å². The van der Waals surface area contributed by atoms with Gasteiger partial charge in [0.1, 0.15) is 6.61 Å². The maximum atomic E-state index is 10.9. The van der Waals surface area contributed by atoms with Gasteiger partial charge in [0, 0.05) is 18.5 Å². The van der Waals surface area contributed by atoms with E-state index in [0.717, 1.165) is 40.5 Å². The van der Waals surface area contributed by atoms with Gasteiger partial charge in [0.15, 0.2) is 16.7 Å². The molecule has 0 amide bonds. The van der Waals surface area contributed by atoms with Crippen molar-refractivity contribution in [1.82, 2.24) is 9.97 Å². The van der Waals surface area contributed by atoms with Gasteiger partial charge >= 0.3 is 12.3 Å². The van der Waals surface area contributed by atoms with Crippen molar-refractivity contribution in [2.24, 2.45) is 0 Å². The summed E-state index contributed by atoms with van der Waals surface area (Å²) in [6, 6.07) is 22.7. The zero-order chi connectivity index (χ0) is 26.7. The molecule has 10 heteroatoms. The van der Waals surface area contributed by atoms with Crippen LogP contribution in [0.1, 0.15) is 29.3 Å². The van der Waals surface area contributed by atoms with Gasteiger partial charge in [-0.05, 0) is 42.5 Å². The van der Waals surface area contributed by atoms with E-state index in [9.17, 15) is 18.0 Å². The predicted octanol–water partition coefficient (Wildman–Crippen LogP) is 7.02. The van der Waals surface area contributed by atoms with Gasteiger partial charge in [-0.15, -0.1) is 24.5 Å². The number of benzene rings is 2. The second-order valence-electron chi connectivity index (χ2n) is 7.91. The third-order valence-corrected chi connectivity index (χ3v) is 5.67. The van der Waals surface area contributed by atoms with Crippen LogP contribution in [0.15, 0.2) is 78.3 Å². The number of esters is 1. The van der Waals surface area contributed by atoms with E-state index in [-0.39, 0.29) is 0 Å². The molecular weight excluding hydrogens is 503 g/mol. The SMILES string of the molecule is CC(=O)OC(F)(F)F.Cc1csc(Nc2ncc(CCc3ccccc3)cc2OCc2ccccc2)n1. The van der Waals surface area contributed by atoms with E-state index >= 15 is 0 Å². The van der Waals surface area contributed by atoms with Crippen molar-refractivity contribution in [3.8, 4) is 5.75 Å². The fraction of sp³-hybridized carbons (Fsp3) is 0.222. The lowest BCUT2D eigenvalue weighted by Crippen LogP contribution is -2.16. The van der Waals surface area contributed by atoms with Gasteiger partial charge < -0.3 is 14.8 Å². The molecule has 0 spiro atoms. The first-order chi connectivity index (χ1) is 17.7. The number of thiazole rings is 1. The molecule has 37 heavy (non-hydrogen) atoms. The highest BCUT2D eigenvalue weighted by atomic mass is 32.1. The second-order valence-corrected chi connectivity index (χ2v) is 8.77. The van der Waals surface area contributed by atoms with E-state index in [1.165, 1.54) is 5.56 Å². The highest BCUT2D eigenvalue weighted by molar-refractivity contribution is 7.13. The molecule has 0 bridgehead atoms. The van der Waals surface area contributed by atoms with Crippen LogP contribution in [0, 0.1) is 6.92 Å². The van der Waals surface area contributed by atoms with Gasteiger partial charge in [-0.25, -0.2) is 9.97 Å². The normalized spacial score (nSPS) is 10.7. The number of carbonyl (C=O) groups excluding carboxylic acids is 1. The van der Waals surface area contributed by atoms with Gasteiger partial charge in [0.2, 0.25) is 0 Å². The molecule has 1 N–H and O–H groups in total. The van der Waals surface area contributed by atoms with Crippen LogP contribution in [-0.4, -0.2) is 22.3 Å². The minimum Gasteiger partial charge on any atom is -0.485 e. The first-order valence-electron chi connectivity index (χ1n) is 11.3. The molecule has 0 saturated carbocycles. The number of halogens is 3. The standard InChI is InChI=1S/C24H23N3OS.C3H3F3O2/c1-18-17-29-24(26-18)27-23-22(28-16-20-10-6-3-7-11-20)14-21(15-25-23)13-12-19-8-4-2-5-9-19;1-2(7)8-3(4,5)6/h2-11,14-15,17H,12-13,16H2,1H3,(H,25,26,27);1H3. The lowest BCUT2D eigenvalue weighted by molar-refractivity contribution is -0.304. The Hall–Kier alpha value is -3.92. The molecule has 0 atom stereocenters. The molecule has 0 aliphatic rings. The molecule has 6 nitrogen and oxygen atoms in total. The summed E-state index contributed by atoms with van der Waals surface area (Å²) in [4.78, 5) is 18.6. The van der Waals surface area contributed by atoms with Crippen molar-refractivity contribution in [1.29, 1.82) is 0 Å². The number of nitrogens with one attached hydrogen (secondary N) is 1. The van der Waals surface area contributed by atoms with Gasteiger partial charge in [-0.3, -0.25) is 4.79 Å². The lowest BCUT2D eigenvalue weighted by Gasteiger charge is -2.13. The zero-order valence-electron chi connectivity index (χ0n) is 20.3. The molecule has 194 valence electrons. The molecule has 0 aliphatic carbocycles. The average molecular weight is 530 g/mol. The summed E-state index contributed by atoms with van der Waals surface area (Å²) in [5, 5.41) is 6.13. The Bertz CT molecular complexity index is 1270. The Balaban J connectivity index is 0.000000414. The summed E-state index contributed by atoms with van der Waals surface area (Å²) < 4.78 is 41.5. The van der Waals surface area contributed by atoms with Crippen molar-refractivity contribution in [2.45, 2.75) is 39.7 Å². The monoisotopic (exact) mass is 529 g/mol. The Kier molecular flexibility index (Phi) is 10.0. The van der Waals surface area contributed by atoms with Crippen LogP contribution in [0.2, 0.25) is 0 Å². The number of aromatic nitrogens is 2. The van der Waals surface area contributed by atoms with Crippen molar-refractivity contribution in [2.75, 3.05) is 5.32 Å². The van der Waals surface area contributed by atoms with Crippen LogP contribution in [0.4, 0.5) is 24.1 Å². The van der Waals surface area contributed by atoms with Crippen molar-refractivity contribution in [3.63, 3.8) is 0 Å². The van der Waals surface area contributed by atoms with Crippen LogP contribution in [0.5, 0.6) is 5.75 Å². The number of aryl methyl sites for hydroxylation is 3. The summed E-state index contributed by atoms with van der Waals surface area (Å²) in [5.74, 6) is 0.0866. The van der Waals surface area contributed by atoms with E-state index in [2.05, 4.69) is 62.5 Å². The fourth-order valence-corrected chi connectivity index (χ4v) is 3.86. The van der Waals surface area contributed by atoms with E-state index in [0.29, 0.717) is 19.3 Å². The maximum absolute atomic E-state index is 10.9. The number of nitrogens with zero attached hydrogens (tertiary/aromatic N) is 2.